The van der Waals surface area contributed by atoms with E-state index in [4.69, 9.17) is 16.3 Å². The highest BCUT2D eigenvalue weighted by molar-refractivity contribution is 6.35. The minimum atomic E-state index is -0.809. The Labute approximate surface area is 187 Å². The monoisotopic (exact) mass is 456 g/mol. The van der Waals surface area contributed by atoms with Crippen molar-refractivity contribution < 1.29 is 13.5 Å². The third kappa shape index (κ3) is 3.55. The topological polar surface area (TPSA) is 63.1 Å². The van der Waals surface area contributed by atoms with Crippen molar-refractivity contribution in [3.8, 4) is 16.9 Å². The van der Waals surface area contributed by atoms with Crippen molar-refractivity contribution >= 4 is 28.2 Å². The van der Waals surface area contributed by atoms with Crippen molar-refractivity contribution in [2.75, 3.05) is 31.2 Å². The molecule has 1 N–H and O–H groups in total. The van der Waals surface area contributed by atoms with Crippen LogP contribution in [-0.2, 0) is 4.74 Å². The number of anilines is 1. The second-order valence-electron chi connectivity index (χ2n) is 7.52. The lowest BCUT2D eigenvalue weighted by Gasteiger charge is -2.22. The average molecular weight is 457 g/mol. The molecule has 2 aromatic heterocycles. The highest BCUT2D eigenvalue weighted by atomic mass is 35.5. The number of nitrogens with one attached hydrogen (secondary N) is 1. The molecule has 6 nitrogen and oxygen atoms in total. The maximum absolute atomic E-state index is 14.6. The van der Waals surface area contributed by atoms with Gasteiger partial charge < -0.3 is 14.6 Å². The summed E-state index contributed by atoms with van der Waals surface area (Å²) in [5.41, 5.74) is 1.25. The van der Waals surface area contributed by atoms with Crippen LogP contribution < -0.4 is 10.5 Å². The lowest BCUT2D eigenvalue weighted by Crippen LogP contribution is -2.25. The number of rotatable bonds is 3. The molecule has 1 aliphatic rings. The Bertz CT molecular complexity index is 1320. The molecule has 164 valence electrons. The van der Waals surface area contributed by atoms with Crippen molar-refractivity contribution in [1.29, 1.82) is 0 Å². The van der Waals surface area contributed by atoms with E-state index in [1.165, 1.54) is 12.3 Å². The number of halogens is 3. The van der Waals surface area contributed by atoms with Crippen LogP contribution in [0.4, 0.5) is 14.5 Å². The molecule has 1 aliphatic heterocycles. The Morgan fingerprint density at radius 1 is 1.03 bits per heavy atom. The summed E-state index contributed by atoms with van der Waals surface area (Å²) in [4.78, 5) is 17.5. The van der Waals surface area contributed by atoms with Gasteiger partial charge in [0.05, 0.1) is 17.0 Å². The molecule has 0 unspecified atom stereocenters. The fraction of sp³-hybridized carbons (Fsp3) is 0.217. The SMILES string of the molecule is O=c1[nH]cc(Cl)c2c1c(-c1ccc(N3CCCOCC3)cc1)nn2-c1c(F)cccc1F. The second-order valence-corrected chi connectivity index (χ2v) is 7.93. The van der Waals surface area contributed by atoms with Crippen molar-refractivity contribution in [3.05, 3.63) is 75.7 Å². The first-order valence-electron chi connectivity index (χ1n) is 10.2. The van der Waals surface area contributed by atoms with Crippen LogP contribution in [0.25, 0.3) is 27.8 Å². The third-order valence-corrected chi connectivity index (χ3v) is 5.83. The van der Waals surface area contributed by atoms with E-state index in [0.717, 1.165) is 48.6 Å². The van der Waals surface area contributed by atoms with E-state index in [0.29, 0.717) is 12.2 Å². The van der Waals surface area contributed by atoms with Crippen molar-refractivity contribution in [3.63, 3.8) is 0 Å². The van der Waals surface area contributed by atoms with E-state index in [2.05, 4.69) is 15.0 Å². The summed E-state index contributed by atoms with van der Waals surface area (Å²) < 4.78 is 35.7. The van der Waals surface area contributed by atoms with E-state index in [1.54, 1.807) is 0 Å². The van der Waals surface area contributed by atoms with Crippen molar-refractivity contribution in [1.82, 2.24) is 14.8 Å². The van der Waals surface area contributed by atoms with Crippen LogP contribution in [0.2, 0.25) is 5.02 Å². The van der Waals surface area contributed by atoms with Gasteiger partial charge in [-0.1, -0.05) is 29.8 Å². The van der Waals surface area contributed by atoms with Gasteiger partial charge in [-0.2, -0.15) is 5.10 Å². The highest BCUT2D eigenvalue weighted by Gasteiger charge is 2.23. The molecule has 3 heterocycles. The number of aromatic amines is 1. The van der Waals surface area contributed by atoms with Gasteiger partial charge in [0.15, 0.2) is 11.6 Å². The number of fused-ring (bicyclic) bond motifs is 1. The molecule has 32 heavy (non-hydrogen) atoms. The summed E-state index contributed by atoms with van der Waals surface area (Å²) >= 11 is 6.34. The standard InChI is InChI=1S/C23H19ClF2N4O2/c24-16-13-27-23(31)19-20(28-30(21(16)19)22-17(25)3-1-4-18(22)26)14-5-7-15(8-6-14)29-9-2-11-32-12-10-29/h1,3-8,13H,2,9-12H2,(H,27,31). The molecule has 0 radical (unpaired) electrons. The molecule has 0 saturated carbocycles. The van der Waals surface area contributed by atoms with Gasteiger partial charge in [0.1, 0.15) is 16.9 Å². The number of pyridine rings is 1. The Morgan fingerprint density at radius 3 is 2.53 bits per heavy atom. The molecule has 0 atom stereocenters. The maximum Gasteiger partial charge on any atom is 0.259 e. The fourth-order valence-corrected chi connectivity index (χ4v) is 4.24. The zero-order chi connectivity index (χ0) is 22.2. The predicted octanol–water partition coefficient (Wildman–Crippen LogP) is 4.54. The van der Waals surface area contributed by atoms with Gasteiger partial charge in [-0.3, -0.25) is 4.79 Å². The molecule has 4 aromatic rings. The van der Waals surface area contributed by atoms with E-state index < -0.39 is 22.9 Å². The fourth-order valence-electron chi connectivity index (χ4n) is 4.01. The summed E-state index contributed by atoms with van der Waals surface area (Å²) in [5, 5.41) is 4.72. The first kappa shape index (κ1) is 20.7. The van der Waals surface area contributed by atoms with Crippen LogP contribution in [0, 0.1) is 11.6 Å². The number of hydrogen-bond acceptors (Lipinski definition) is 4. The molecule has 0 amide bonds. The Hall–Kier alpha value is -3.23. The molecule has 1 saturated heterocycles. The Balaban J connectivity index is 1.67. The zero-order valence-electron chi connectivity index (χ0n) is 16.9. The predicted molar refractivity (Wildman–Crippen MR) is 120 cm³/mol. The minimum absolute atomic E-state index is 0.127. The molecule has 0 aliphatic carbocycles. The number of nitrogens with zero attached hydrogens (tertiary/aromatic N) is 3. The Morgan fingerprint density at radius 2 is 1.78 bits per heavy atom. The number of hydrogen-bond donors (Lipinski definition) is 1. The van der Waals surface area contributed by atoms with Gasteiger partial charge in [0.2, 0.25) is 0 Å². The second kappa shape index (κ2) is 8.37. The van der Waals surface area contributed by atoms with Crippen LogP contribution in [0.1, 0.15) is 6.42 Å². The van der Waals surface area contributed by atoms with Crippen molar-refractivity contribution in [2.45, 2.75) is 6.42 Å². The quantitative estimate of drug-likeness (QED) is 0.491. The summed E-state index contributed by atoms with van der Waals surface area (Å²) in [5.74, 6) is -1.62. The van der Waals surface area contributed by atoms with E-state index in [1.807, 2.05) is 24.3 Å². The number of para-hydroxylation sites is 1. The van der Waals surface area contributed by atoms with Gasteiger partial charge in [0.25, 0.3) is 5.56 Å². The molecule has 0 bridgehead atoms. The van der Waals surface area contributed by atoms with Crippen LogP contribution in [0.3, 0.4) is 0 Å². The largest absolute Gasteiger partial charge is 0.380 e. The van der Waals surface area contributed by atoms with E-state index in [-0.39, 0.29) is 21.6 Å². The molecule has 2 aromatic carbocycles. The highest BCUT2D eigenvalue weighted by Crippen LogP contribution is 2.33. The number of H-pyrrole nitrogens is 1. The summed E-state index contributed by atoms with van der Waals surface area (Å²) in [6.07, 6.45) is 2.23. The van der Waals surface area contributed by atoms with Gasteiger partial charge in [0, 0.05) is 37.1 Å². The number of benzene rings is 2. The van der Waals surface area contributed by atoms with Crippen molar-refractivity contribution in [2.24, 2.45) is 0 Å². The average Bonchev–Trinajstić information content (AvgIpc) is 2.99. The Kier molecular flexibility index (Phi) is 5.40. The smallest absolute Gasteiger partial charge is 0.259 e. The lowest BCUT2D eigenvalue weighted by atomic mass is 10.1. The first-order valence-corrected chi connectivity index (χ1v) is 10.6. The van der Waals surface area contributed by atoms with E-state index >= 15 is 0 Å². The molecule has 9 heteroatoms. The summed E-state index contributed by atoms with van der Waals surface area (Å²) in [6.45, 7) is 3.09. The van der Waals surface area contributed by atoms with Gasteiger partial charge >= 0.3 is 0 Å². The molecular weight excluding hydrogens is 438 g/mol. The zero-order valence-corrected chi connectivity index (χ0v) is 17.7. The van der Waals surface area contributed by atoms with E-state index in [9.17, 15) is 13.6 Å². The van der Waals surface area contributed by atoms with Crippen LogP contribution >= 0.6 is 11.6 Å². The summed E-state index contributed by atoms with van der Waals surface area (Å²) in [6, 6.07) is 11.1. The van der Waals surface area contributed by atoms with Gasteiger partial charge in [-0.15, -0.1) is 0 Å². The molecule has 5 rings (SSSR count). The molecule has 0 spiro atoms. The maximum atomic E-state index is 14.6. The minimum Gasteiger partial charge on any atom is -0.380 e. The summed E-state index contributed by atoms with van der Waals surface area (Å²) in [7, 11) is 0. The first-order chi connectivity index (χ1) is 15.5. The molecule has 1 fully saturated rings. The molecular formula is C23H19ClF2N4O2. The normalized spacial score (nSPS) is 14.7. The van der Waals surface area contributed by atoms with Gasteiger partial charge in [-0.05, 0) is 30.7 Å². The van der Waals surface area contributed by atoms with Crippen LogP contribution in [-0.4, -0.2) is 41.1 Å². The van der Waals surface area contributed by atoms with Gasteiger partial charge in [-0.25, -0.2) is 13.5 Å². The third-order valence-electron chi connectivity index (χ3n) is 5.55. The number of aromatic nitrogens is 3. The van der Waals surface area contributed by atoms with Crippen LogP contribution in [0.5, 0.6) is 0 Å². The van der Waals surface area contributed by atoms with Crippen LogP contribution in [0.15, 0.2) is 53.5 Å². The lowest BCUT2D eigenvalue weighted by molar-refractivity contribution is 0.152. The number of ether oxygens (including phenoxy) is 1.